The third-order valence-electron chi connectivity index (χ3n) is 3.44. The number of amides is 2. The maximum Gasteiger partial charge on any atom is 0.264 e. The minimum absolute atomic E-state index is 0.0261. The summed E-state index contributed by atoms with van der Waals surface area (Å²) in [5, 5.41) is 0. The van der Waals surface area contributed by atoms with E-state index in [0.717, 1.165) is 0 Å². The molecular formula is C13H16BrNO3. The summed E-state index contributed by atoms with van der Waals surface area (Å²) in [7, 11) is 0. The normalized spacial score (nSPS) is 20.6. The standard InChI is InChI=1S/C13H16BrNO3/c1-13(2,3)8-6-10(16)15(7-8)12(17)9-4-5-18-11(9)14/h4-5,8H,6-7H2,1-3H3. The first-order chi connectivity index (χ1) is 8.30. The second-order valence-electron chi connectivity index (χ2n) is 5.68. The number of halogens is 1. The van der Waals surface area contributed by atoms with Crippen molar-refractivity contribution >= 4 is 27.7 Å². The molecule has 1 unspecified atom stereocenters. The van der Waals surface area contributed by atoms with Crippen molar-refractivity contribution in [3.05, 3.63) is 22.6 Å². The van der Waals surface area contributed by atoms with Gasteiger partial charge in [-0.1, -0.05) is 20.8 Å². The van der Waals surface area contributed by atoms with E-state index in [1.807, 2.05) is 0 Å². The number of likely N-dealkylation sites (tertiary alicyclic amines) is 1. The van der Waals surface area contributed by atoms with E-state index in [1.54, 1.807) is 6.07 Å². The summed E-state index contributed by atoms with van der Waals surface area (Å²) in [6.45, 7) is 6.75. The van der Waals surface area contributed by atoms with Gasteiger partial charge in [-0.05, 0) is 33.3 Å². The highest BCUT2D eigenvalue weighted by molar-refractivity contribution is 9.10. The number of furan rings is 1. The third kappa shape index (κ3) is 2.36. The fourth-order valence-corrected chi connectivity index (χ4v) is 2.49. The summed E-state index contributed by atoms with van der Waals surface area (Å²) in [6, 6.07) is 1.57. The monoisotopic (exact) mass is 313 g/mol. The molecule has 2 rings (SSSR count). The van der Waals surface area contributed by atoms with Gasteiger partial charge >= 0.3 is 0 Å². The summed E-state index contributed by atoms with van der Waals surface area (Å²) in [5.74, 6) is -0.181. The van der Waals surface area contributed by atoms with Crippen LogP contribution in [0.5, 0.6) is 0 Å². The molecule has 0 radical (unpaired) electrons. The number of imide groups is 1. The molecule has 1 aromatic rings. The Morgan fingerprint density at radius 2 is 2.17 bits per heavy atom. The van der Waals surface area contributed by atoms with Gasteiger partial charge in [-0.15, -0.1) is 0 Å². The van der Waals surface area contributed by atoms with Gasteiger partial charge in [0.05, 0.1) is 11.8 Å². The second kappa shape index (κ2) is 4.53. The summed E-state index contributed by atoms with van der Waals surface area (Å²) < 4.78 is 5.41. The maximum absolute atomic E-state index is 12.2. The van der Waals surface area contributed by atoms with E-state index in [1.165, 1.54) is 11.2 Å². The molecule has 2 heterocycles. The van der Waals surface area contributed by atoms with Crippen molar-refractivity contribution in [3.8, 4) is 0 Å². The van der Waals surface area contributed by atoms with E-state index in [9.17, 15) is 9.59 Å². The molecule has 0 bridgehead atoms. The van der Waals surface area contributed by atoms with Gasteiger partial charge < -0.3 is 4.42 Å². The lowest BCUT2D eigenvalue weighted by atomic mass is 9.80. The fraction of sp³-hybridized carbons (Fsp3) is 0.538. The number of nitrogens with zero attached hydrogens (tertiary/aromatic N) is 1. The average molecular weight is 314 g/mol. The zero-order valence-corrected chi connectivity index (χ0v) is 12.3. The Bertz CT molecular complexity index is 487. The molecular weight excluding hydrogens is 298 g/mol. The maximum atomic E-state index is 12.2. The van der Waals surface area contributed by atoms with Crippen molar-refractivity contribution in [3.63, 3.8) is 0 Å². The lowest BCUT2D eigenvalue weighted by molar-refractivity contribution is -0.125. The number of carbonyl (C=O) groups excluding carboxylic acids is 2. The van der Waals surface area contributed by atoms with Crippen LogP contribution in [-0.2, 0) is 4.79 Å². The van der Waals surface area contributed by atoms with Crippen LogP contribution in [0.3, 0.4) is 0 Å². The van der Waals surface area contributed by atoms with Crippen LogP contribution in [0.25, 0.3) is 0 Å². The highest BCUT2D eigenvalue weighted by atomic mass is 79.9. The van der Waals surface area contributed by atoms with Crippen LogP contribution in [0.4, 0.5) is 0 Å². The van der Waals surface area contributed by atoms with E-state index in [4.69, 9.17) is 4.42 Å². The minimum atomic E-state index is -0.285. The van der Waals surface area contributed by atoms with Gasteiger partial charge in [-0.2, -0.15) is 0 Å². The van der Waals surface area contributed by atoms with Crippen molar-refractivity contribution in [2.75, 3.05) is 6.54 Å². The largest absolute Gasteiger partial charge is 0.457 e. The van der Waals surface area contributed by atoms with Gasteiger partial charge in [-0.25, -0.2) is 0 Å². The number of rotatable bonds is 1. The minimum Gasteiger partial charge on any atom is -0.457 e. The van der Waals surface area contributed by atoms with Crippen molar-refractivity contribution in [1.29, 1.82) is 0 Å². The third-order valence-corrected chi connectivity index (χ3v) is 4.06. The van der Waals surface area contributed by atoms with E-state index in [2.05, 4.69) is 36.7 Å². The Hall–Kier alpha value is -1.10. The smallest absolute Gasteiger partial charge is 0.264 e. The van der Waals surface area contributed by atoms with Crippen LogP contribution >= 0.6 is 15.9 Å². The van der Waals surface area contributed by atoms with Crippen LogP contribution in [-0.4, -0.2) is 23.3 Å². The van der Waals surface area contributed by atoms with Gasteiger partial charge in [-0.3, -0.25) is 14.5 Å². The molecule has 1 saturated heterocycles. The average Bonchev–Trinajstić information content (AvgIpc) is 2.82. The molecule has 1 aliphatic rings. The predicted octanol–water partition coefficient (Wildman–Crippen LogP) is 3.08. The Labute approximate surface area is 114 Å². The molecule has 1 aromatic heterocycles. The number of carbonyl (C=O) groups is 2. The van der Waals surface area contributed by atoms with E-state index in [0.29, 0.717) is 23.2 Å². The Kier molecular flexibility index (Phi) is 3.36. The molecule has 1 atom stereocenters. The quantitative estimate of drug-likeness (QED) is 0.749. The SMILES string of the molecule is CC(C)(C)C1CC(=O)N(C(=O)c2ccoc2Br)C1. The molecule has 0 aliphatic carbocycles. The molecule has 1 aliphatic heterocycles. The first kappa shape index (κ1) is 13.3. The molecule has 0 spiro atoms. The first-order valence-corrected chi connectivity index (χ1v) is 6.67. The molecule has 4 nitrogen and oxygen atoms in total. The van der Waals surface area contributed by atoms with Crippen molar-refractivity contribution in [2.24, 2.45) is 11.3 Å². The molecule has 0 aromatic carbocycles. The summed E-state index contributed by atoms with van der Waals surface area (Å²) in [6.07, 6.45) is 1.86. The molecule has 1 fully saturated rings. The summed E-state index contributed by atoms with van der Waals surface area (Å²) in [5.41, 5.74) is 0.427. The summed E-state index contributed by atoms with van der Waals surface area (Å²) >= 11 is 3.16. The molecule has 0 N–H and O–H groups in total. The second-order valence-corrected chi connectivity index (χ2v) is 6.40. The predicted molar refractivity (Wildman–Crippen MR) is 70.0 cm³/mol. The number of hydrogen-bond acceptors (Lipinski definition) is 3. The lowest BCUT2D eigenvalue weighted by Gasteiger charge is -2.25. The Morgan fingerprint density at radius 3 is 2.61 bits per heavy atom. The van der Waals surface area contributed by atoms with Gasteiger partial charge in [0, 0.05) is 13.0 Å². The van der Waals surface area contributed by atoms with E-state index >= 15 is 0 Å². The van der Waals surface area contributed by atoms with Crippen LogP contribution in [0.2, 0.25) is 0 Å². The van der Waals surface area contributed by atoms with Gasteiger partial charge in [0.25, 0.3) is 5.91 Å². The molecule has 18 heavy (non-hydrogen) atoms. The van der Waals surface area contributed by atoms with Crippen LogP contribution in [0.1, 0.15) is 37.6 Å². The fourth-order valence-electron chi connectivity index (χ4n) is 2.08. The molecule has 0 saturated carbocycles. The lowest BCUT2D eigenvalue weighted by Crippen LogP contribution is -2.33. The van der Waals surface area contributed by atoms with E-state index in [-0.39, 0.29) is 23.1 Å². The van der Waals surface area contributed by atoms with Crippen molar-refractivity contribution in [2.45, 2.75) is 27.2 Å². The zero-order valence-electron chi connectivity index (χ0n) is 10.7. The molecule has 2 amide bonds. The topological polar surface area (TPSA) is 50.5 Å². The van der Waals surface area contributed by atoms with Crippen LogP contribution < -0.4 is 0 Å². The van der Waals surface area contributed by atoms with Crippen molar-refractivity contribution < 1.29 is 14.0 Å². The van der Waals surface area contributed by atoms with Gasteiger partial charge in [0.2, 0.25) is 5.91 Å². The number of hydrogen-bond donors (Lipinski definition) is 0. The van der Waals surface area contributed by atoms with Gasteiger partial charge in [0.15, 0.2) is 4.67 Å². The van der Waals surface area contributed by atoms with E-state index < -0.39 is 0 Å². The Balaban J connectivity index is 2.19. The van der Waals surface area contributed by atoms with Crippen LogP contribution in [0.15, 0.2) is 21.4 Å². The van der Waals surface area contributed by atoms with Gasteiger partial charge in [0.1, 0.15) is 0 Å². The zero-order chi connectivity index (χ0) is 13.5. The molecule has 5 heteroatoms. The Morgan fingerprint density at radius 1 is 1.50 bits per heavy atom. The van der Waals surface area contributed by atoms with Crippen molar-refractivity contribution in [1.82, 2.24) is 4.90 Å². The van der Waals surface area contributed by atoms with Crippen LogP contribution in [0, 0.1) is 11.3 Å². The highest BCUT2D eigenvalue weighted by Gasteiger charge is 2.40. The summed E-state index contributed by atoms with van der Waals surface area (Å²) in [4.78, 5) is 25.5. The molecule has 98 valence electrons. The first-order valence-electron chi connectivity index (χ1n) is 5.88. The highest BCUT2D eigenvalue weighted by Crippen LogP contribution is 2.35.